The number of fused-ring (bicyclic) bond motifs is 3. The van der Waals surface area contributed by atoms with Gasteiger partial charge in [0.15, 0.2) is 0 Å². The lowest BCUT2D eigenvalue weighted by Crippen LogP contribution is -2.55. The zero-order valence-corrected chi connectivity index (χ0v) is 21.2. The number of allylic oxidation sites excluding steroid dienone is 1. The molecule has 5 rings (SSSR count). The van der Waals surface area contributed by atoms with Gasteiger partial charge in [0.05, 0.1) is 29.9 Å². The van der Waals surface area contributed by atoms with Crippen molar-refractivity contribution in [1.82, 2.24) is 15.2 Å². The fraction of sp³-hybridized carbons (Fsp3) is 0.538. The zero-order valence-electron chi connectivity index (χ0n) is 20.4. The van der Waals surface area contributed by atoms with E-state index in [9.17, 15) is 14.4 Å². The first kappa shape index (κ1) is 24.7. The van der Waals surface area contributed by atoms with Crippen molar-refractivity contribution in [2.45, 2.75) is 68.7 Å². The molecule has 2 fully saturated rings. The van der Waals surface area contributed by atoms with E-state index in [4.69, 9.17) is 15.2 Å². The van der Waals surface area contributed by atoms with E-state index < -0.39 is 29.7 Å². The maximum absolute atomic E-state index is 13.5. The Bertz CT molecular complexity index is 1150. The summed E-state index contributed by atoms with van der Waals surface area (Å²) in [6.45, 7) is 0.231. The van der Waals surface area contributed by atoms with Crippen molar-refractivity contribution < 1.29 is 23.9 Å². The molecule has 0 spiro atoms. The summed E-state index contributed by atoms with van der Waals surface area (Å²) < 4.78 is 12.2. The van der Waals surface area contributed by atoms with Gasteiger partial charge in [0.2, 0.25) is 11.8 Å². The van der Waals surface area contributed by atoms with Crippen molar-refractivity contribution in [1.29, 1.82) is 0 Å². The number of ether oxygens (including phenoxy) is 2. The molecule has 9 nitrogen and oxygen atoms in total. The van der Waals surface area contributed by atoms with Crippen LogP contribution in [0.2, 0.25) is 0 Å². The number of para-hydroxylation sites is 1. The minimum absolute atomic E-state index is 0.123. The molecule has 3 heterocycles. The smallest absolute Gasteiger partial charge is 0.332 e. The molecule has 1 aromatic heterocycles. The Morgan fingerprint density at radius 2 is 2.08 bits per heavy atom. The zero-order chi connectivity index (χ0) is 25.3. The molecule has 1 aliphatic carbocycles. The standard InChI is InChI=1S/C26H32N4O5S/c1-34-24(33)26-14-16(26)9-5-3-2-4-6-10-18(27)23(32)30-15-17(13-20(30)22(31)29-26)35-25-28-19-11-7-8-12-21(19)36-25/h5,7-9,11-12,16-18,20H,2-4,6,10,13-15,27H2,1H3,(H,29,31)/b9-5-/t16-,17-,18+,20+,26-/m1/s1. The highest BCUT2D eigenvalue weighted by molar-refractivity contribution is 7.20. The number of hydrogen-bond donors (Lipinski definition) is 2. The second kappa shape index (κ2) is 10.2. The van der Waals surface area contributed by atoms with Gasteiger partial charge < -0.3 is 25.4 Å². The average Bonchev–Trinajstić information content (AvgIpc) is 3.20. The van der Waals surface area contributed by atoms with Gasteiger partial charge in [0, 0.05) is 12.3 Å². The number of methoxy groups -OCH3 is 1. The van der Waals surface area contributed by atoms with Crippen molar-refractivity contribution in [3.05, 3.63) is 36.4 Å². The van der Waals surface area contributed by atoms with Crippen molar-refractivity contribution >= 4 is 39.3 Å². The summed E-state index contributed by atoms with van der Waals surface area (Å²) in [6, 6.07) is 6.27. The third-order valence-corrected chi connectivity index (χ3v) is 8.30. The van der Waals surface area contributed by atoms with Gasteiger partial charge in [-0.1, -0.05) is 48.5 Å². The van der Waals surface area contributed by atoms with Crippen LogP contribution in [0.3, 0.4) is 0 Å². The summed E-state index contributed by atoms with van der Waals surface area (Å²) in [5.41, 5.74) is 6.03. The SMILES string of the molecule is COC(=O)[C@@]12C[C@H]1/C=C\CCCCC[C@H](N)C(=O)N1C[C@H](Oc3nc4ccccc4s3)C[C@H]1C(=O)N2. The summed E-state index contributed by atoms with van der Waals surface area (Å²) in [7, 11) is 1.32. The lowest BCUT2D eigenvalue weighted by Gasteiger charge is -2.28. The Hall–Kier alpha value is -2.98. The van der Waals surface area contributed by atoms with Gasteiger partial charge in [0.1, 0.15) is 17.7 Å². The molecular weight excluding hydrogens is 480 g/mol. The van der Waals surface area contributed by atoms with Crippen LogP contribution in [0.15, 0.2) is 36.4 Å². The molecule has 3 N–H and O–H groups in total. The minimum atomic E-state index is -1.09. The third kappa shape index (κ3) is 4.84. The number of rotatable bonds is 3. The Kier molecular flexibility index (Phi) is 6.98. The molecule has 0 radical (unpaired) electrons. The van der Waals surface area contributed by atoms with E-state index >= 15 is 0 Å². The lowest BCUT2D eigenvalue weighted by atomic mass is 10.1. The van der Waals surface area contributed by atoms with Crippen LogP contribution in [0, 0.1) is 5.92 Å². The van der Waals surface area contributed by atoms with E-state index in [0.717, 1.165) is 35.9 Å². The average molecular weight is 513 g/mol. The van der Waals surface area contributed by atoms with Crippen LogP contribution in [0.4, 0.5) is 0 Å². The van der Waals surface area contributed by atoms with Gasteiger partial charge in [0.25, 0.3) is 5.19 Å². The molecule has 1 saturated carbocycles. The molecule has 192 valence electrons. The summed E-state index contributed by atoms with van der Waals surface area (Å²) in [6.07, 6.45) is 8.64. The molecule has 0 unspecified atom stereocenters. The predicted octanol–water partition coefficient (Wildman–Crippen LogP) is 2.54. The predicted molar refractivity (Wildman–Crippen MR) is 135 cm³/mol. The number of aromatic nitrogens is 1. The van der Waals surface area contributed by atoms with Gasteiger partial charge >= 0.3 is 5.97 Å². The van der Waals surface area contributed by atoms with E-state index in [1.54, 1.807) is 0 Å². The molecule has 0 bridgehead atoms. The molecule has 2 aromatic rings. The number of hydrogen-bond acceptors (Lipinski definition) is 8. The Morgan fingerprint density at radius 1 is 1.25 bits per heavy atom. The number of nitrogens with two attached hydrogens (primary N) is 1. The number of thiazole rings is 1. The van der Waals surface area contributed by atoms with Gasteiger partial charge in [-0.2, -0.15) is 0 Å². The molecule has 10 heteroatoms. The minimum Gasteiger partial charge on any atom is -0.467 e. The second-order valence-electron chi connectivity index (χ2n) is 9.86. The Morgan fingerprint density at radius 3 is 2.89 bits per heavy atom. The van der Waals surface area contributed by atoms with E-state index in [-0.39, 0.29) is 30.7 Å². The number of esters is 1. The molecule has 2 aliphatic heterocycles. The highest BCUT2D eigenvalue weighted by Crippen LogP contribution is 2.46. The first-order chi connectivity index (χ1) is 17.4. The largest absolute Gasteiger partial charge is 0.467 e. The fourth-order valence-electron chi connectivity index (χ4n) is 5.25. The monoisotopic (exact) mass is 512 g/mol. The van der Waals surface area contributed by atoms with Crippen LogP contribution in [-0.2, 0) is 19.1 Å². The summed E-state index contributed by atoms with van der Waals surface area (Å²) in [5.74, 6) is -1.24. The first-order valence-corrected chi connectivity index (χ1v) is 13.4. The number of carbonyl (C=O) groups is 3. The normalized spacial score (nSPS) is 32.0. The number of amides is 2. The van der Waals surface area contributed by atoms with Crippen molar-refractivity contribution in [3.8, 4) is 5.19 Å². The Balaban J connectivity index is 1.39. The molecule has 5 atom stereocenters. The van der Waals surface area contributed by atoms with E-state index in [1.807, 2.05) is 30.3 Å². The van der Waals surface area contributed by atoms with Crippen LogP contribution in [0.25, 0.3) is 10.2 Å². The summed E-state index contributed by atoms with van der Waals surface area (Å²) in [5, 5.41) is 3.43. The molecule has 3 aliphatic rings. The number of nitrogens with one attached hydrogen (secondary N) is 1. The van der Waals surface area contributed by atoms with Gasteiger partial charge in [-0.05, 0) is 37.8 Å². The molecular formula is C26H32N4O5S. The highest BCUT2D eigenvalue weighted by atomic mass is 32.1. The summed E-state index contributed by atoms with van der Waals surface area (Å²) in [4.78, 5) is 45.6. The number of carbonyl (C=O) groups excluding carboxylic acids is 3. The van der Waals surface area contributed by atoms with E-state index in [2.05, 4.69) is 16.4 Å². The first-order valence-electron chi connectivity index (χ1n) is 12.6. The van der Waals surface area contributed by atoms with E-state index in [1.165, 1.54) is 23.3 Å². The van der Waals surface area contributed by atoms with Gasteiger partial charge in [-0.15, -0.1) is 0 Å². The quantitative estimate of drug-likeness (QED) is 0.478. The second-order valence-corrected chi connectivity index (χ2v) is 10.9. The maximum Gasteiger partial charge on any atom is 0.332 e. The number of nitrogens with zero attached hydrogens (tertiary/aromatic N) is 2. The molecule has 2 amide bonds. The van der Waals surface area contributed by atoms with Gasteiger partial charge in [-0.3, -0.25) is 9.59 Å². The third-order valence-electron chi connectivity index (χ3n) is 7.37. The summed E-state index contributed by atoms with van der Waals surface area (Å²) >= 11 is 1.43. The highest BCUT2D eigenvalue weighted by Gasteiger charge is 2.62. The molecule has 36 heavy (non-hydrogen) atoms. The topological polar surface area (TPSA) is 124 Å². The van der Waals surface area contributed by atoms with Crippen LogP contribution in [0.5, 0.6) is 5.19 Å². The van der Waals surface area contributed by atoms with E-state index in [0.29, 0.717) is 18.0 Å². The van der Waals surface area contributed by atoms with Crippen LogP contribution in [0.1, 0.15) is 44.9 Å². The van der Waals surface area contributed by atoms with Crippen LogP contribution < -0.4 is 15.8 Å². The lowest BCUT2D eigenvalue weighted by molar-refractivity contribution is -0.148. The van der Waals surface area contributed by atoms with Crippen molar-refractivity contribution in [2.75, 3.05) is 13.7 Å². The van der Waals surface area contributed by atoms with Crippen molar-refractivity contribution in [2.24, 2.45) is 11.7 Å². The fourth-order valence-corrected chi connectivity index (χ4v) is 6.14. The van der Waals surface area contributed by atoms with Gasteiger partial charge in [-0.25, -0.2) is 9.78 Å². The molecule has 1 aromatic carbocycles. The van der Waals surface area contributed by atoms with Crippen LogP contribution in [-0.4, -0.2) is 65.0 Å². The Labute approximate surface area is 214 Å². The van der Waals surface area contributed by atoms with Crippen LogP contribution >= 0.6 is 11.3 Å². The molecule has 1 saturated heterocycles. The van der Waals surface area contributed by atoms with Crippen molar-refractivity contribution in [3.63, 3.8) is 0 Å². The maximum atomic E-state index is 13.5. The number of benzene rings is 1.